The third-order valence-corrected chi connectivity index (χ3v) is 2.87. The van der Waals surface area contributed by atoms with Gasteiger partial charge in [0.2, 0.25) is 0 Å². The van der Waals surface area contributed by atoms with Crippen LogP contribution in [0.25, 0.3) is 0 Å². The number of nitrogens with zero attached hydrogens (tertiary/aromatic N) is 3. The second-order valence-corrected chi connectivity index (χ2v) is 4.17. The Hall–Kier alpha value is -2.45. The van der Waals surface area contributed by atoms with Crippen LogP contribution in [-0.4, -0.2) is 16.3 Å². The highest BCUT2D eigenvalue weighted by Crippen LogP contribution is 2.24. The SMILES string of the molecule is Cc1ccc(C#N)cc1Nc1ncnc(Cl)c1C=O. The number of aryl methyl sites for hydroxylation is 1. The van der Waals surface area contributed by atoms with Gasteiger partial charge in [-0.25, -0.2) is 9.97 Å². The topological polar surface area (TPSA) is 78.7 Å². The monoisotopic (exact) mass is 272 g/mol. The number of hydrogen-bond acceptors (Lipinski definition) is 5. The third-order valence-electron chi connectivity index (χ3n) is 2.57. The van der Waals surface area contributed by atoms with Gasteiger partial charge in [0.1, 0.15) is 17.3 Å². The van der Waals surface area contributed by atoms with Gasteiger partial charge >= 0.3 is 0 Å². The second-order valence-electron chi connectivity index (χ2n) is 3.81. The molecule has 0 atom stereocenters. The Kier molecular flexibility index (Phi) is 3.74. The fourth-order valence-corrected chi connectivity index (χ4v) is 1.71. The van der Waals surface area contributed by atoms with E-state index in [2.05, 4.69) is 21.4 Å². The number of anilines is 2. The molecular formula is C13H9ClN4O. The van der Waals surface area contributed by atoms with E-state index >= 15 is 0 Å². The molecule has 0 saturated carbocycles. The molecule has 1 aromatic heterocycles. The van der Waals surface area contributed by atoms with Crippen LogP contribution >= 0.6 is 11.6 Å². The van der Waals surface area contributed by atoms with Gasteiger partial charge in [-0.15, -0.1) is 0 Å². The average molecular weight is 273 g/mol. The Morgan fingerprint density at radius 3 is 2.89 bits per heavy atom. The normalized spacial score (nSPS) is 9.74. The van der Waals surface area contributed by atoms with E-state index in [0.29, 0.717) is 23.4 Å². The molecule has 6 heteroatoms. The van der Waals surface area contributed by atoms with Crippen LogP contribution in [0.4, 0.5) is 11.5 Å². The molecule has 94 valence electrons. The molecule has 0 aliphatic rings. The number of hydrogen-bond donors (Lipinski definition) is 1. The van der Waals surface area contributed by atoms with Crippen LogP contribution < -0.4 is 5.32 Å². The second kappa shape index (κ2) is 5.46. The summed E-state index contributed by atoms with van der Waals surface area (Å²) in [6.45, 7) is 1.88. The highest BCUT2D eigenvalue weighted by molar-refractivity contribution is 6.32. The Labute approximate surface area is 114 Å². The van der Waals surface area contributed by atoms with Crippen LogP contribution in [0.1, 0.15) is 21.5 Å². The predicted octanol–water partition coefficient (Wildman–Crippen LogP) is 2.87. The quantitative estimate of drug-likeness (QED) is 0.686. The first-order chi connectivity index (χ1) is 9.15. The minimum Gasteiger partial charge on any atom is -0.339 e. The first-order valence-electron chi connectivity index (χ1n) is 5.39. The maximum absolute atomic E-state index is 11.0. The van der Waals surface area contributed by atoms with Crippen molar-refractivity contribution in [3.63, 3.8) is 0 Å². The zero-order valence-corrected chi connectivity index (χ0v) is 10.8. The van der Waals surface area contributed by atoms with Gasteiger partial charge in [-0.05, 0) is 24.6 Å². The first kappa shape index (κ1) is 13.0. The van der Waals surface area contributed by atoms with Crippen molar-refractivity contribution in [2.45, 2.75) is 6.92 Å². The molecule has 1 aromatic carbocycles. The summed E-state index contributed by atoms with van der Waals surface area (Å²) in [6, 6.07) is 7.26. The third kappa shape index (κ3) is 2.69. The number of carbonyl (C=O) groups excluding carboxylic acids is 1. The number of nitriles is 1. The summed E-state index contributed by atoms with van der Waals surface area (Å²) < 4.78 is 0. The summed E-state index contributed by atoms with van der Waals surface area (Å²) in [6.07, 6.45) is 1.86. The molecule has 1 heterocycles. The van der Waals surface area contributed by atoms with Crippen molar-refractivity contribution in [1.29, 1.82) is 5.26 Å². The zero-order chi connectivity index (χ0) is 13.8. The molecule has 0 amide bonds. The van der Waals surface area contributed by atoms with Crippen LogP contribution in [0.2, 0.25) is 5.15 Å². The molecule has 2 aromatic rings. The summed E-state index contributed by atoms with van der Waals surface area (Å²) in [7, 11) is 0. The maximum Gasteiger partial charge on any atom is 0.156 e. The van der Waals surface area contributed by atoms with Crippen molar-refractivity contribution >= 4 is 29.4 Å². The van der Waals surface area contributed by atoms with E-state index in [9.17, 15) is 4.79 Å². The van der Waals surface area contributed by atoms with Gasteiger partial charge < -0.3 is 5.32 Å². The lowest BCUT2D eigenvalue weighted by Gasteiger charge is -2.10. The molecular weight excluding hydrogens is 264 g/mol. The lowest BCUT2D eigenvalue weighted by molar-refractivity contribution is 0.112. The molecule has 2 rings (SSSR count). The molecule has 0 bridgehead atoms. The number of carbonyl (C=O) groups is 1. The fraction of sp³-hybridized carbons (Fsp3) is 0.0769. The van der Waals surface area contributed by atoms with Crippen molar-refractivity contribution in [2.24, 2.45) is 0 Å². The lowest BCUT2D eigenvalue weighted by Crippen LogP contribution is -2.02. The Morgan fingerprint density at radius 2 is 2.21 bits per heavy atom. The minimum atomic E-state index is 0.0848. The summed E-state index contributed by atoms with van der Waals surface area (Å²) in [5.41, 5.74) is 2.31. The van der Waals surface area contributed by atoms with E-state index in [-0.39, 0.29) is 10.7 Å². The standard InChI is InChI=1S/C13H9ClN4O/c1-8-2-3-9(5-15)4-11(8)18-13-10(6-19)12(14)16-7-17-13/h2-4,6-7H,1H3,(H,16,17,18). The number of aldehydes is 1. The van der Waals surface area contributed by atoms with E-state index in [4.69, 9.17) is 16.9 Å². The Balaban J connectivity index is 2.45. The van der Waals surface area contributed by atoms with Gasteiger partial charge in [0.05, 0.1) is 17.2 Å². The zero-order valence-electron chi connectivity index (χ0n) is 10.0. The van der Waals surface area contributed by atoms with Crippen LogP contribution in [-0.2, 0) is 0 Å². The Morgan fingerprint density at radius 1 is 1.42 bits per heavy atom. The van der Waals surface area contributed by atoms with Crippen molar-refractivity contribution in [3.05, 3.63) is 46.4 Å². The van der Waals surface area contributed by atoms with Gasteiger partial charge in [0.25, 0.3) is 0 Å². The number of rotatable bonds is 3. The highest BCUT2D eigenvalue weighted by atomic mass is 35.5. The predicted molar refractivity (Wildman–Crippen MR) is 71.6 cm³/mol. The molecule has 0 fully saturated rings. The van der Waals surface area contributed by atoms with Crippen molar-refractivity contribution in [3.8, 4) is 6.07 Å². The molecule has 0 unspecified atom stereocenters. The molecule has 19 heavy (non-hydrogen) atoms. The van der Waals surface area contributed by atoms with Gasteiger partial charge in [-0.2, -0.15) is 5.26 Å². The number of aromatic nitrogens is 2. The van der Waals surface area contributed by atoms with Crippen LogP contribution in [0, 0.1) is 18.3 Å². The number of halogens is 1. The van der Waals surface area contributed by atoms with E-state index in [1.54, 1.807) is 12.1 Å². The Bertz CT molecular complexity index is 679. The van der Waals surface area contributed by atoms with Crippen molar-refractivity contribution in [1.82, 2.24) is 9.97 Å². The highest BCUT2D eigenvalue weighted by Gasteiger charge is 2.10. The maximum atomic E-state index is 11.0. The average Bonchev–Trinajstić information content (AvgIpc) is 2.41. The molecule has 0 saturated heterocycles. The van der Waals surface area contributed by atoms with Crippen molar-refractivity contribution < 1.29 is 4.79 Å². The number of benzene rings is 1. The molecule has 5 nitrogen and oxygen atoms in total. The van der Waals surface area contributed by atoms with Gasteiger partial charge in [0, 0.05) is 5.69 Å². The van der Waals surface area contributed by atoms with Crippen LogP contribution in [0.15, 0.2) is 24.5 Å². The summed E-state index contributed by atoms with van der Waals surface area (Å²) >= 11 is 5.82. The molecule has 1 N–H and O–H groups in total. The summed E-state index contributed by atoms with van der Waals surface area (Å²) in [4.78, 5) is 18.7. The van der Waals surface area contributed by atoms with Gasteiger partial charge in [0.15, 0.2) is 6.29 Å². The lowest BCUT2D eigenvalue weighted by atomic mass is 10.1. The summed E-state index contributed by atoms with van der Waals surface area (Å²) in [5, 5.41) is 12.0. The molecule has 0 aliphatic heterocycles. The summed E-state index contributed by atoms with van der Waals surface area (Å²) in [5.74, 6) is 0.313. The van der Waals surface area contributed by atoms with E-state index in [1.807, 2.05) is 13.0 Å². The van der Waals surface area contributed by atoms with E-state index in [1.165, 1.54) is 6.33 Å². The first-order valence-corrected chi connectivity index (χ1v) is 5.77. The van der Waals surface area contributed by atoms with Gasteiger partial charge in [-0.1, -0.05) is 17.7 Å². The van der Waals surface area contributed by atoms with Crippen LogP contribution in [0.3, 0.4) is 0 Å². The molecule has 0 aliphatic carbocycles. The smallest absolute Gasteiger partial charge is 0.156 e. The van der Waals surface area contributed by atoms with Crippen LogP contribution in [0.5, 0.6) is 0 Å². The van der Waals surface area contributed by atoms with Crippen molar-refractivity contribution in [2.75, 3.05) is 5.32 Å². The number of nitrogens with one attached hydrogen (secondary N) is 1. The largest absolute Gasteiger partial charge is 0.339 e. The molecule has 0 radical (unpaired) electrons. The van der Waals surface area contributed by atoms with E-state index in [0.717, 1.165) is 5.56 Å². The fourth-order valence-electron chi connectivity index (χ4n) is 1.53. The van der Waals surface area contributed by atoms with Gasteiger partial charge in [-0.3, -0.25) is 4.79 Å². The molecule has 0 spiro atoms. The minimum absolute atomic E-state index is 0.0848. The van der Waals surface area contributed by atoms with E-state index < -0.39 is 0 Å².